The van der Waals surface area contributed by atoms with Crippen molar-refractivity contribution in [3.05, 3.63) is 54.4 Å². The number of hydrogen-bond donors (Lipinski definition) is 1. The molecule has 0 atom stereocenters. The van der Waals surface area contributed by atoms with Gasteiger partial charge in [0.25, 0.3) is 0 Å². The molecule has 2 rings (SSSR count). The Kier molecular flexibility index (Phi) is 3.83. The third-order valence-corrected chi connectivity index (χ3v) is 3.06. The van der Waals surface area contributed by atoms with Gasteiger partial charge in [-0.1, -0.05) is 12.1 Å². The lowest BCUT2D eigenvalue weighted by molar-refractivity contribution is 1.13. The third kappa shape index (κ3) is 3.00. The summed E-state index contributed by atoms with van der Waals surface area (Å²) in [5.41, 5.74) is 2.33. The SMILES string of the molecule is CSc1ccc(CNc2cccnc2)cc1. The second-order valence-electron chi connectivity index (χ2n) is 3.44. The maximum Gasteiger partial charge on any atom is 0.0529 e. The molecule has 1 heterocycles. The lowest BCUT2D eigenvalue weighted by Gasteiger charge is -2.06. The monoisotopic (exact) mass is 230 g/mol. The standard InChI is InChI=1S/C13H14N2S/c1-16-13-6-4-11(5-7-13)9-15-12-3-2-8-14-10-12/h2-8,10,15H,9H2,1H3. The van der Waals surface area contributed by atoms with Crippen LogP contribution < -0.4 is 5.32 Å². The molecule has 3 heteroatoms. The number of benzene rings is 1. The fourth-order valence-electron chi connectivity index (χ4n) is 1.41. The molecule has 1 N–H and O–H groups in total. The van der Waals surface area contributed by atoms with Crippen molar-refractivity contribution < 1.29 is 0 Å². The van der Waals surface area contributed by atoms with Crippen LogP contribution in [0.2, 0.25) is 0 Å². The maximum absolute atomic E-state index is 4.06. The molecule has 2 aromatic rings. The minimum absolute atomic E-state index is 0.834. The molecule has 0 saturated heterocycles. The number of nitrogens with one attached hydrogen (secondary N) is 1. The van der Waals surface area contributed by atoms with E-state index in [2.05, 4.69) is 40.8 Å². The zero-order chi connectivity index (χ0) is 11.2. The van der Waals surface area contributed by atoms with E-state index in [0.29, 0.717) is 0 Å². The fraction of sp³-hybridized carbons (Fsp3) is 0.154. The van der Waals surface area contributed by atoms with Crippen molar-refractivity contribution in [2.45, 2.75) is 11.4 Å². The molecule has 0 aliphatic heterocycles. The van der Waals surface area contributed by atoms with Crippen molar-refractivity contribution in [3.8, 4) is 0 Å². The Balaban J connectivity index is 1.94. The Morgan fingerprint density at radius 1 is 1.19 bits per heavy atom. The topological polar surface area (TPSA) is 24.9 Å². The summed E-state index contributed by atoms with van der Waals surface area (Å²) in [6.07, 6.45) is 5.69. The van der Waals surface area contributed by atoms with Crippen LogP contribution in [0.1, 0.15) is 5.56 Å². The highest BCUT2D eigenvalue weighted by molar-refractivity contribution is 7.98. The maximum atomic E-state index is 4.06. The molecule has 0 spiro atoms. The van der Waals surface area contributed by atoms with Crippen molar-refractivity contribution in [2.75, 3.05) is 11.6 Å². The summed E-state index contributed by atoms with van der Waals surface area (Å²) in [5, 5.41) is 3.33. The molecule has 16 heavy (non-hydrogen) atoms. The molecule has 1 aromatic heterocycles. The number of thioether (sulfide) groups is 1. The van der Waals surface area contributed by atoms with E-state index >= 15 is 0 Å². The van der Waals surface area contributed by atoms with Gasteiger partial charge in [-0.15, -0.1) is 11.8 Å². The third-order valence-electron chi connectivity index (χ3n) is 2.32. The van der Waals surface area contributed by atoms with Gasteiger partial charge in [-0.25, -0.2) is 0 Å². The number of hydrogen-bond acceptors (Lipinski definition) is 3. The van der Waals surface area contributed by atoms with Gasteiger partial charge in [0, 0.05) is 23.8 Å². The summed E-state index contributed by atoms with van der Waals surface area (Å²) in [6.45, 7) is 0.834. The molecule has 1 aromatic carbocycles. The van der Waals surface area contributed by atoms with E-state index in [1.165, 1.54) is 10.5 Å². The predicted octanol–water partition coefficient (Wildman–Crippen LogP) is 3.42. The molecule has 0 aliphatic carbocycles. The minimum Gasteiger partial charge on any atom is -0.380 e. The molecular weight excluding hydrogens is 216 g/mol. The first-order chi connectivity index (χ1) is 7.88. The van der Waals surface area contributed by atoms with Gasteiger partial charge in [0.15, 0.2) is 0 Å². The van der Waals surface area contributed by atoms with Gasteiger partial charge < -0.3 is 5.32 Å². The Bertz CT molecular complexity index is 425. The summed E-state index contributed by atoms with van der Waals surface area (Å²) >= 11 is 1.76. The van der Waals surface area contributed by atoms with Crippen LogP contribution in [0.5, 0.6) is 0 Å². The summed E-state index contributed by atoms with van der Waals surface area (Å²) in [6, 6.07) is 12.5. The van der Waals surface area contributed by atoms with E-state index in [1.807, 2.05) is 18.3 Å². The van der Waals surface area contributed by atoms with Gasteiger partial charge in [0.1, 0.15) is 0 Å². The van der Waals surface area contributed by atoms with Crippen LogP contribution in [0.15, 0.2) is 53.7 Å². The van der Waals surface area contributed by atoms with Crippen molar-refractivity contribution in [1.82, 2.24) is 4.98 Å². The van der Waals surface area contributed by atoms with Gasteiger partial charge in [-0.05, 0) is 36.1 Å². The van der Waals surface area contributed by atoms with E-state index in [4.69, 9.17) is 0 Å². The summed E-state index contributed by atoms with van der Waals surface area (Å²) < 4.78 is 0. The number of anilines is 1. The molecular formula is C13H14N2S. The van der Waals surface area contributed by atoms with Crippen molar-refractivity contribution in [1.29, 1.82) is 0 Å². The number of nitrogens with zero attached hydrogens (tertiary/aromatic N) is 1. The fourth-order valence-corrected chi connectivity index (χ4v) is 1.82. The first-order valence-corrected chi connectivity index (χ1v) is 6.38. The first-order valence-electron chi connectivity index (χ1n) is 5.15. The number of aromatic nitrogens is 1. The molecule has 2 nitrogen and oxygen atoms in total. The Morgan fingerprint density at radius 2 is 2.00 bits per heavy atom. The largest absolute Gasteiger partial charge is 0.380 e. The smallest absolute Gasteiger partial charge is 0.0529 e. The van der Waals surface area contributed by atoms with Crippen molar-refractivity contribution in [3.63, 3.8) is 0 Å². The van der Waals surface area contributed by atoms with Crippen LogP contribution in [-0.4, -0.2) is 11.2 Å². The summed E-state index contributed by atoms with van der Waals surface area (Å²) in [7, 11) is 0. The highest BCUT2D eigenvalue weighted by Crippen LogP contribution is 2.15. The van der Waals surface area contributed by atoms with E-state index < -0.39 is 0 Å². The molecule has 0 saturated carbocycles. The average molecular weight is 230 g/mol. The molecule has 0 amide bonds. The molecule has 0 aliphatic rings. The number of pyridine rings is 1. The van der Waals surface area contributed by atoms with E-state index in [0.717, 1.165) is 12.2 Å². The van der Waals surface area contributed by atoms with E-state index in [1.54, 1.807) is 18.0 Å². The average Bonchev–Trinajstić information content (AvgIpc) is 2.38. The highest BCUT2D eigenvalue weighted by Gasteiger charge is 1.94. The highest BCUT2D eigenvalue weighted by atomic mass is 32.2. The van der Waals surface area contributed by atoms with Crippen LogP contribution >= 0.6 is 11.8 Å². The van der Waals surface area contributed by atoms with Gasteiger partial charge in [-0.2, -0.15) is 0 Å². The van der Waals surface area contributed by atoms with Crippen LogP contribution in [0, 0.1) is 0 Å². The Morgan fingerprint density at radius 3 is 2.62 bits per heavy atom. The van der Waals surface area contributed by atoms with Gasteiger partial charge in [0.05, 0.1) is 5.69 Å². The van der Waals surface area contributed by atoms with E-state index in [9.17, 15) is 0 Å². The zero-order valence-electron chi connectivity index (χ0n) is 9.18. The summed E-state index contributed by atoms with van der Waals surface area (Å²) in [5.74, 6) is 0. The second kappa shape index (κ2) is 5.56. The molecule has 82 valence electrons. The lowest BCUT2D eigenvalue weighted by Crippen LogP contribution is -1.99. The van der Waals surface area contributed by atoms with Crippen molar-refractivity contribution >= 4 is 17.4 Å². The molecule has 0 fully saturated rings. The van der Waals surface area contributed by atoms with Crippen LogP contribution in [0.4, 0.5) is 5.69 Å². The van der Waals surface area contributed by atoms with Gasteiger partial charge in [-0.3, -0.25) is 4.98 Å². The molecule has 0 unspecified atom stereocenters. The minimum atomic E-state index is 0.834. The van der Waals surface area contributed by atoms with Gasteiger partial charge >= 0.3 is 0 Å². The lowest BCUT2D eigenvalue weighted by atomic mass is 10.2. The van der Waals surface area contributed by atoms with Crippen LogP contribution in [0.25, 0.3) is 0 Å². The van der Waals surface area contributed by atoms with Crippen molar-refractivity contribution in [2.24, 2.45) is 0 Å². The quantitative estimate of drug-likeness (QED) is 0.815. The summed E-state index contributed by atoms with van der Waals surface area (Å²) in [4.78, 5) is 5.35. The Hall–Kier alpha value is -1.48. The zero-order valence-corrected chi connectivity index (χ0v) is 10.00. The second-order valence-corrected chi connectivity index (χ2v) is 4.32. The Labute approximate surface area is 100 Å². The normalized spacial score (nSPS) is 10.1. The van der Waals surface area contributed by atoms with Gasteiger partial charge in [0.2, 0.25) is 0 Å². The first kappa shape index (κ1) is 11.0. The molecule has 0 bridgehead atoms. The molecule has 0 radical (unpaired) electrons. The number of rotatable bonds is 4. The van der Waals surface area contributed by atoms with E-state index in [-0.39, 0.29) is 0 Å². The predicted molar refractivity (Wildman–Crippen MR) is 69.8 cm³/mol. The van der Waals surface area contributed by atoms with Crippen LogP contribution in [0.3, 0.4) is 0 Å². The van der Waals surface area contributed by atoms with Crippen LogP contribution in [-0.2, 0) is 6.54 Å².